The summed E-state index contributed by atoms with van der Waals surface area (Å²) >= 11 is 0. The van der Waals surface area contributed by atoms with Gasteiger partial charge in [-0.1, -0.05) is 24.3 Å². The maximum atomic E-state index is 13.4. The molecule has 2 aromatic carbocycles. The fraction of sp³-hybridized carbons (Fsp3) is 0.300. The second-order valence-electron chi connectivity index (χ2n) is 6.19. The molecule has 0 aromatic heterocycles. The van der Waals surface area contributed by atoms with Crippen LogP contribution in [0.4, 0.5) is 10.1 Å². The minimum absolute atomic E-state index is 0.0425. The zero-order valence-corrected chi connectivity index (χ0v) is 15.6. The van der Waals surface area contributed by atoms with E-state index in [1.165, 1.54) is 23.1 Å². The number of halogens is 1. The van der Waals surface area contributed by atoms with Crippen molar-refractivity contribution in [3.63, 3.8) is 0 Å². The van der Waals surface area contributed by atoms with Crippen LogP contribution in [-0.4, -0.2) is 51.1 Å². The molecule has 0 bridgehead atoms. The molecule has 27 heavy (non-hydrogen) atoms. The number of carbonyl (C=O) groups is 2. The highest BCUT2D eigenvalue weighted by Crippen LogP contribution is 2.15. The molecular weight excluding hydrogens is 351 g/mol. The van der Waals surface area contributed by atoms with E-state index in [-0.39, 0.29) is 11.7 Å². The van der Waals surface area contributed by atoms with Crippen LogP contribution >= 0.6 is 0 Å². The number of carbonyl (C=O) groups excluding carboxylic acids is 2. The van der Waals surface area contributed by atoms with Gasteiger partial charge in [-0.3, -0.25) is 4.79 Å². The van der Waals surface area contributed by atoms with Crippen LogP contribution in [0.1, 0.15) is 5.56 Å². The summed E-state index contributed by atoms with van der Waals surface area (Å²) in [6.45, 7) is -0.467. The first-order valence-corrected chi connectivity index (χ1v) is 8.40. The molecule has 0 atom stereocenters. The maximum absolute atomic E-state index is 13.4. The molecule has 0 N–H and O–H groups in total. The number of nitrogens with zero attached hydrogens (tertiary/aromatic N) is 2. The maximum Gasteiger partial charge on any atom is 0.344 e. The molecule has 0 heterocycles. The van der Waals surface area contributed by atoms with E-state index in [9.17, 15) is 14.0 Å². The van der Waals surface area contributed by atoms with Crippen molar-refractivity contribution in [2.24, 2.45) is 0 Å². The second-order valence-corrected chi connectivity index (χ2v) is 6.19. The zero-order valence-electron chi connectivity index (χ0n) is 15.6. The van der Waals surface area contributed by atoms with Crippen LogP contribution in [-0.2, 0) is 20.9 Å². The predicted octanol–water partition coefficient (Wildman–Crippen LogP) is 2.47. The molecule has 0 radical (unpaired) electrons. The van der Waals surface area contributed by atoms with Gasteiger partial charge in [0.2, 0.25) is 0 Å². The van der Waals surface area contributed by atoms with Crippen LogP contribution in [0, 0.1) is 5.82 Å². The van der Waals surface area contributed by atoms with Gasteiger partial charge >= 0.3 is 5.97 Å². The Labute approximate surface area is 158 Å². The number of ether oxygens (including phenoxy) is 2. The lowest BCUT2D eigenvalue weighted by atomic mass is 10.2. The minimum atomic E-state index is -0.740. The summed E-state index contributed by atoms with van der Waals surface area (Å²) in [5, 5.41) is 0. The van der Waals surface area contributed by atoms with Gasteiger partial charge in [0.05, 0.1) is 0 Å². The lowest BCUT2D eigenvalue weighted by molar-refractivity contribution is -0.153. The van der Waals surface area contributed by atoms with Crippen molar-refractivity contribution in [3.8, 4) is 5.75 Å². The van der Waals surface area contributed by atoms with Gasteiger partial charge in [0.1, 0.15) is 0 Å². The van der Waals surface area contributed by atoms with Crippen LogP contribution < -0.4 is 9.64 Å². The van der Waals surface area contributed by atoms with E-state index >= 15 is 0 Å². The Morgan fingerprint density at radius 2 is 1.63 bits per heavy atom. The molecule has 0 unspecified atom stereocenters. The Balaban J connectivity index is 1.75. The van der Waals surface area contributed by atoms with Crippen LogP contribution in [0.2, 0.25) is 0 Å². The summed E-state index contributed by atoms with van der Waals surface area (Å²) in [6, 6.07) is 13.5. The van der Waals surface area contributed by atoms with Crippen molar-refractivity contribution in [1.29, 1.82) is 0 Å². The van der Waals surface area contributed by atoms with Crippen LogP contribution in [0.25, 0.3) is 0 Å². The third-order valence-corrected chi connectivity index (χ3v) is 3.84. The van der Waals surface area contributed by atoms with Crippen molar-refractivity contribution in [1.82, 2.24) is 4.90 Å². The minimum Gasteiger partial charge on any atom is -0.479 e. The molecular formula is C20H23FN2O4. The summed E-state index contributed by atoms with van der Waals surface area (Å²) in [5.41, 5.74) is 2.03. The van der Waals surface area contributed by atoms with Gasteiger partial charge in [-0.15, -0.1) is 0 Å². The lowest BCUT2D eigenvalue weighted by Gasteiger charge is -2.18. The number of hydrogen-bond donors (Lipinski definition) is 0. The number of likely N-dealkylation sites (N-methyl/N-ethyl adjacent to an activating group) is 1. The number of anilines is 1. The van der Waals surface area contributed by atoms with Crippen molar-refractivity contribution >= 4 is 17.6 Å². The Kier molecular flexibility index (Phi) is 7.16. The Bertz CT molecular complexity index is 778. The van der Waals surface area contributed by atoms with E-state index in [1.807, 2.05) is 43.3 Å². The van der Waals surface area contributed by atoms with Crippen LogP contribution in [0.5, 0.6) is 5.75 Å². The molecule has 0 aliphatic heterocycles. The number of para-hydroxylation sites is 1. The Morgan fingerprint density at radius 1 is 0.963 bits per heavy atom. The first-order valence-electron chi connectivity index (χ1n) is 8.40. The quantitative estimate of drug-likeness (QED) is 0.665. The Morgan fingerprint density at radius 3 is 2.26 bits per heavy atom. The molecule has 0 fully saturated rings. The third kappa shape index (κ3) is 6.29. The van der Waals surface area contributed by atoms with E-state index in [0.29, 0.717) is 6.54 Å². The SMILES string of the molecule is CN(Cc1ccc(N(C)C)cc1)C(=O)COC(=O)COc1ccccc1F. The standard InChI is InChI=1S/C20H23FN2O4/c1-22(2)16-10-8-15(9-11-16)12-23(3)19(24)13-27-20(25)14-26-18-7-5-4-6-17(18)21/h4-11H,12-14H2,1-3H3. The summed E-state index contributed by atoms with van der Waals surface area (Å²) in [5.74, 6) is -1.69. The lowest BCUT2D eigenvalue weighted by Crippen LogP contribution is -2.31. The molecule has 0 saturated carbocycles. The largest absolute Gasteiger partial charge is 0.479 e. The first-order chi connectivity index (χ1) is 12.9. The van der Waals surface area contributed by atoms with Crippen LogP contribution in [0.15, 0.2) is 48.5 Å². The van der Waals surface area contributed by atoms with Crippen molar-refractivity contribution in [2.75, 3.05) is 39.3 Å². The second kappa shape index (κ2) is 9.56. The average molecular weight is 374 g/mol. The van der Waals surface area contributed by atoms with Gasteiger partial charge in [-0.2, -0.15) is 0 Å². The molecule has 1 amide bonds. The smallest absolute Gasteiger partial charge is 0.344 e. The summed E-state index contributed by atoms with van der Waals surface area (Å²) in [6.07, 6.45) is 0. The normalized spacial score (nSPS) is 10.2. The van der Waals surface area contributed by atoms with E-state index in [2.05, 4.69) is 0 Å². The molecule has 2 rings (SSSR count). The number of esters is 1. The van der Waals surface area contributed by atoms with E-state index in [0.717, 1.165) is 11.3 Å². The van der Waals surface area contributed by atoms with Gasteiger partial charge in [-0.05, 0) is 29.8 Å². The van der Waals surface area contributed by atoms with Crippen molar-refractivity contribution < 1.29 is 23.5 Å². The summed E-state index contributed by atoms with van der Waals surface area (Å²) in [7, 11) is 5.54. The topological polar surface area (TPSA) is 59.1 Å². The van der Waals surface area contributed by atoms with Gasteiger partial charge in [0, 0.05) is 33.4 Å². The summed E-state index contributed by atoms with van der Waals surface area (Å²) < 4.78 is 23.3. The van der Waals surface area contributed by atoms with Crippen molar-refractivity contribution in [3.05, 3.63) is 59.9 Å². The van der Waals surface area contributed by atoms with Gasteiger partial charge < -0.3 is 19.3 Å². The first kappa shape index (κ1) is 20.2. The molecule has 6 nitrogen and oxygen atoms in total. The van der Waals surface area contributed by atoms with E-state index < -0.39 is 25.0 Å². The molecule has 0 aliphatic rings. The monoisotopic (exact) mass is 374 g/mol. The molecule has 2 aromatic rings. The Hall–Kier alpha value is -3.09. The zero-order chi connectivity index (χ0) is 19.8. The average Bonchev–Trinajstić information content (AvgIpc) is 2.65. The highest BCUT2D eigenvalue weighted by atomic mass is 19.1. The molecule has 0 saturated heterocycles. The molecule has 0 aliphatic carbocycles. The number of rotatable bonds is 8. The van der Waals surface area contributed by atoms with Crippen molar-refractivity contribution in [2.45, 2.75) is 6.54 Å². The third-order valence-electron chi connectivity index (χ3n) is 3.84. The number of amides is 1. The fourth-order valence-electron chi connectivity index (χ4n) is 2.25. The fourth-order valence-corrected chi connectivity index (χ4v) is 2.25. The highest BCUT2D eigenvalue weighted by molar-refractivity contribution is 5.80. The van der Waals surface area contributed by atoms with Gasteiger partial charge in [0.25, 0.3) is 5.91 Å². The molecule has 144 valence electrons. The van der Waals surface area contributed by atoms with E-state index in [1.54, 1.807) is 13.1 Å². The van der Waals surface area contributed by atoms with Gasteiger partial charge in [0.15, 0.2) is 24.8 Å². The highest BCUT2D eigenvalue weighted by Gasteiger charge is 2.14. The van der Waals surface area contributed by atoms with E-state index in [4.69, 9.17) is 9.47 Å². The summed E-state index contributed by atoms with van der Waals surface area (Å²) in [4.78, 5) is 27.2. The number of hydrogen-bond acceptors (Lipinski definition) is 5. The predicted molar refractivity (Wildman–Crippen MR) is 100 cm³/mol. The van der Waals surface area contributed by atoms with Gasteiger partial charge in [-0.25, -0.2) is 9.18 Å². The molecule has 7 heteroatoms. The number of benzene rings is 2. The molecule has 0 spiro atoms. The van der Waals surface area contributed by atoms with Crippen LogP contribution in [0.3, 0.4) is 0 Å².